The average molecular weight is 429 g/mol. The molecule has 0 spiro atoms. The van der Waals surface area contributed by atoms with Crippen LogP contribution in [0, 0.1) is 6.92 Å². The molecular formula is C25H28N6O. The van der Waals surface area contributed by atoms with E-state index in [0.29, 0.717) is 12.1 Å². The van der Waals surface area contributed by atoms with E-state index in [0.717, 1.165) is 65.6 Å². The van der Waals surface area contributed by atoms with E-state index in [-0.39, 0.29) is 0 Å². The number of hydrogen-bond donors (Lipinski definition) is 3. The number of hydrogen-bond acceptors (Lipinski definition) is 6. The average Bonchev–Trinajstić information content (AvgIpc) is 3.28. The second kappa shape index (κ2) is 8.88. The van der Waals surface area contributed by atoms with E-state index in [1.165, 1.54) is 0 Å². The van der Waals surface area contributed by atoms with Crippen molar-refractivity contribution in [1.82, 2.24) is 14.6 Å². The van der Waals surface area contributed by atoms with Gasteiger partial charge in [0.2, 0.25) is 0 Å². The van der Waals surface area contributed by atoms with Crippen molar-refractivity contribution < 1.29 is 4.74 Å². The molecule has 0 amide bonds. The summed E-state index contributed by atoms with van der Waals surface area (Å²) in [5.74, 6) is 2.48. The fourth-order valence-corrected chi connectivity index (χ4v) is 4.14. The Balaban J connectivity index is 1.37. The highest BCUT2D eigenvalue weighted by molar-refractivity contribution is 5.80. The van der Waals surface area contributed by atoms with Gasteiger partial charge < -0.3 is 21.1 Å². The van der Waals surface area contributed by atoms with Crippen LogP contribution in [-0.4, -0.2) is 26.7 Å². The molecule has 0 bridgehead atoms. The zero-order valence-electron chi connectivity index (χ0n) is 18.2. The van der Waals surface area contributed by atoms with Gasteiger partial charge in [0.25, 0.3) is 0 Å². The second-order valence-electron chi connectivity index (χ2n) is 8.36. The van der Waals surface area contributed by atoms with E-state index in [1.807, 2.05) is 65.3 Å². The summed E-state index contributed by atoms with van der Waals surface area (Å²) in [5.41, 5.74) is 9.81. The molecule has 1 aliphatic rings. The molecule has 1 saturated carbocycles. The fourth-order valence-electron chi connectivity index (χ4n) is 4.14. The summed E-state index contributed by atoms with van der Waals surface area (Å²) < 4.78 is 7.72. The lowest BCUT2D eigenvalue weighted by atomic mass is 9.92. The van der Waals surface area contributed by atoms with E-state index in [2.05, 4.69) is 22.5 Å². The van der Waals surface area contributed by atoms with E-state index >= 15 is 0 Å². The number of nitrogens with one attached hydrogen (secondary N) is 2. The fraction of sp³-hybridized carbons (Fsp3) is 0.280. The molecule has 2 aromatic heterocycles. The number of benzene rings is 2. The van der Waals surface area contributed by atoms with Crippen LogP contribution >= 0.6 is 0 Å². The first-order valence-electron chi connectivity index (χ1n) is 11.1. The Morgan fingerprint density at radius 1 is 0.969 bits per heavy atom. The molecule has 2 heterocycles. The molecule has 1 fully saturated rings. The van der Waals surface area contributed by atoms with Crippen molar-refractivity contribution in [2.75, 3.05) is 10.6 Å². The molecular weight excluding hydrogens is 400 g/mol. The van der Waals surface area contributed by atoms with E-state index in [4.69, 9.17) is 15.6 Å². The standard InChI is InChI=1S/C25H28N6O/c1-17-23(28-19-11-13-22(14-12-19)32-21-5-3-2-4-6-21)25-27-15-16-31(25)30-24(17)29-20-9-7-18(26)8-10-20/h2-6,11-16,18,20,28H,7-10,26H2,1H3,(H,29,30). The lowest BCUT2D eigenvalue weighted by molar-refractivity contribution is 0.410. The van der Waals surface area contributed by atoms with Crippen molar-refractivity contribution in [1.29, 1.82) is 0 Å². The zero-order chi connectivity index (χ0) is 21.9. The van der Waals surface area contributed by atoms with Gasteiger partial charge in [0, 0.05) is 35.7 Å². The number of anilines is 3. The predicted molar refractivity (Wildman–Crippen MR) is 128 cm³/mol. The normalized spacial score (nSPS) is 18.4. The van der Waals surface area contributed by atoms with Gasteiger partial charge in [-0.15, -0.1) is 5.10 Å². The van der Waals surface area contributed by atoms with Crippen LogP contribution in [0.3, 0.4) is 0 Å². The van der Waals surface area contributed by atoms with Crippen molar-refractivity contribution in [3.8, 4) is 11.5 Å². The molecule has 0 aliphatic heterocycles. The van der Waals surface area contributed by atoms with Gasteiger partial charge in [0.05, 0.1) is 5.69 Å². The van der Waals surface area contributed by atoms with Gasteiger partial charge in [-0.1, -0.05) is 18.2 Å². The molecule has 7 heteroatoms. The largest absolute Gasteiger partial charge is 0.457 e. The summed E-state index contributed by atoms with van der Waals surface area (Å²) >= 11 is 0. The van der Waals surface area contributed by atoms with Crippen LogP contribution in [-0.2, 0) is 0 Å². The summed E-state index contributed by atoms with van der Waals surface area (Å²) in [6.07, 6.45) is 7.87. The Morgan fingerprint density at radius 2 is 1.69 bits per heavy atom. The molecule has 5 rings (SSSR count). The molecule has 4 aromatic rings. The van der Waals surface area contributed by atoms with Crippen LogP contribution in [0.15, 0.2) is 67.0 Å². The third-order valence-corrected chi connectivity index (χ3v) is 6.00. The monoisotopic (exact) mass is 428 g/mol. The first-order valence-corrected chi connectivity index (χ1v) is 11.1. The van der Waals surface area contributed by atoms with Crippen molar-refractivity contribution in [2.45, 2.75) is 44.7 Å². The van der Waals surface area contributed by atoms with Crippen LogP contribution in [0.25, 0.3) is 5.65 Å². The highest BCUT2D eigenvalue weighted by atomic mass is 16.5. The van der Waals surface area contributed by atoms with Crippen LogP contribution in [0.2, 0.25) is 0 Å². The Bertz CT molecular complexity index is 1180. The van der Waals surface area contributed by atoms with Gasteiger partial charge >= 0.3 is 0 Å². The van der Waals surface area contributed by atoms with Crippen molar-refractivity contribution in [2.24, 2.45) is 5.73 Å². The molecule has 7 nitrogen and oxygen atoms in total. The molecule has 32 heavy (non-hydrogen) atoms. The maximum absolute atomic E-state index is 6.07. The highest BCUT2D eigenvalue weighted by Gasteiger charge is 2.21. The number of aromatic nitrogens is 3. The van der Waals surface area contributed by atoms with Crippen LogP contribution in [0.5, 0.6) is 11.5 Å². The van der Waals surface area contributed by atoms with Gasteiger partial charge in [0.1, 0.15) is 11.5 Å². The quantitative estimate of drug-likeness (QED) is 0.388. The van der Waals surface area contributed by atoms with Crippen LogP contribution < -0.4 is 21.1 Å². The van der Waals surface area contributed by atoms with Gasteiger partial charge in [-0.2, -0.15) is 0 Å². The third kappa shape index (κ3) is 4.38. The van der Waals surface area contributed by atoms with Crippen LogP contribution in [0.4, 0.5) is 17.2 Å². The number of ether oxygens (including phenoxy) is 1. The minimum atomic E-state index is 0.323. The second-order valence-corrected chi connectivity index (χ2v) is 8.36. The summed E-state index contributed by atoms with van der Waals surface area (Å²) in [7, 11) is 0. The molecule has 0 saturated heterocycles. The number of rotatable bonds is 6. The Hall–Kier alpha value is -3.58. The topological polar surface area (TPSA) is 89.5 Å². The van der Waals surface area contributed by atoms with Crippen molar-refractivity contribution in [3.63, 3.8) is 0 Å². The maximum Gasteiger partial charge on any atom is 0.177 e. The Morgan fingerprint density at radius 3 is 2.44 bits per heavy atom. The smallest absolute Gasteiger partial charge is 0.177 e. The minimum Gasteiger partial charge on any atom is -0.457 e. The lowest BCUT2D eigenvalue weighted by Crippen LogP contribution is -2.33. The number of nitrogens with zero attached hydrogens (tertiary/aromatic N) is 3. The maximum atomic E-state index is 6.07. The first kappa shape index (κ1) is 20.3. The molecule has 1 aliphatic carbocycles. The lowest BCUT2D eigenvalue weighted by Gasteiger charge is -2.28. The molecule has 2 aromatic carbocycles. The summed E-state index contributed by atoms with van der Waals surface area (Å²) in [6, 6.07) is 18.4. The molecule has 0 atom stereocenters. The summed E-state index contributed by atoms with van der Waals surface area (Å²) in [4.78, 5) is 4.52. The summed E-state index contributed by atoms with van der Waals surface area (Å²) in [6.45, 7) is 2.08. The number of nitrogens with two attached hydrogens (primary N) is 1. The zero-order valence-corrected chi connectivity index (χ0v) is 18.2. The third-order valence-electron chi connectivity index (χ3n) is 6.00. The summed E-state index contributed by atoms with van der Waals surface area (Å²) in [5, 5.41) is 11.9. The molecule has 164 valence electrons. The first-order chi connectivity index (χ1) is 15.7. The number of imidazole rings is 1. The number of para-hydroxylation sites is 1. The van der Waals surface area contributed by atoms with E-state index < -0.39 is 0 Å². The number of fused-ring (bicyclic) bond motifs is 1. The minimum absolute atomic E-state index is 0.323. The van der Waals surface area contributed by atoms with E-state index in [1.54, 1.807) is 6.20 Å². The molecule has 0 radical (unpaired) electrons. The van der Waals surface area contributed by atoms with Crippen molar-refractivity contribution >= 4 is 22.8 Å². The van der Waals surface area contributed by atoms with Gasteiger partial charge in [-0.05, 0) is 69.0 Å². The van der Waals surface area contributed by atoms with Crippen LogP contribution in [0.1, 0.15) is 31.2 Å². The van der Waals surface area contributed by atoms with Crippen molar-refractivity contribution in [3.05, 3.63) is 72.6 Å². The predicted octanol–water partition coefficient (Wildman–Crippen LogP) is 5.26. The SMILES string of the molecule is Cc1c(NC2CCC(N)CC2)nn2ccnc2c1Nc1ccc(Oc2ccccc2)cc1. The van der Waals surface area contributed by atoms with Gasteiger partial charge in [-0.25, -0.2) is 9.50 Å². The molecule has 4 N–H and O–H groups in total. The van der Waals surface area contributed by atoms with E-state index in [9.17, 15) is 0 Å². The Kier molecular flexibility index (Phi) is 5.64. The van der Waals surface area contributed by atoms with Gasteiger partial charge in [-0.3, -0.25) is 0 Å². The Labute approximate surface area is 187 Å². The highest BCUT2D eigenvalue weighted by Crippen LogP contribution is 2.31. The van der Waals surface area contributed by atoms with Gasteiger partial charge in [0.15, 0.2) is 11.5 Å². The molecule has 0 unspecified atom stereocenters.